The van der Waals surface area contributed by atoms with E-state index < -0.39 is 0 Å². The third-order valence-electron chi connectivity index (χ3n) is 4.93. The fourth-order valence-corrected chi connectivity index (χ4v) is 3.61. The van der Waals surface area contributed by atoms with Crippen molar-refractivity contribution in [2.75, 3.05) is 31.1 Å². The number of nitrogens with two attached hydrogens (primary N) is 1. The van der Waals surface area contributed by atoms with Crippen LogP contribution in [0.5, 0.6) is 0 Å². The van der Waals surface area contributed by atoms with Crippen molar-refractivity contribution in [3.8, 4) is 0 Å². The standard InChI is InChI=1S/C16H23N5/c17-12-5-8-20(9-6-12)13-7-10-21(11-13)16-18-14-3-1-2-4-15(14)19-16/h1-4,12-13H,5-11,17H2,(H,18,19). The third kappa shape index (κ3) is 2.51. The monoisotopic (exact) mass is 285 g/mol. The predicted octanol–water partition coefficient (Wildman–Crippen LogP) is 1.56. The summed E-state index contributed by atoms with van der Waals surface area (Å²) >= 11 is 0. The van der Waals surface area contributed by atoms with E-state index in [4.69, 9.17) is 10.7 Å². The van der Waals surface area contributed by atoms with Gasteiger partial charge in [0.25, 0.3) is 0 Å². The first-order valence-electron chi connectivity index (χ1n) is 7.99. The van der Waals surface area contributed by atoms with Gasteiger partial charge in [0.15, 0.2) is 0 Å². The molecule has 2 aliphatic heterocycles. The Morgan fingerprint density at radius 1 is 1.10 bits per heavy atom. The first-order valence-corrected chi connectivity index (χ1v) is 7.99. The summed E-state index contributed by atoms with van der Waals surface area (Å²) in [5, 5.41) is 0. The highest BCUT2D eigenvalue weighted by molar-refractivity contribution is 5.77. The first kappa shape index (κ1) is 13.1. The fraction of sp³-hybridized carbons (Fsp3) is 0.562. The first-order chi connectivity index (χ1) is 10.3. The van der Waals surface area contributed by atoms with Gasteiger partial charge in [-0.15, -0.1) is 0 Å². The number of nitrogens with one attached hydrogen (secondary N) is 1. The molecule has 1 atom stereocenters. The van der Waals surface area contributed by atoms with Gasteiger partial charge in [-0.1, -0.05) is 12.1 Å². The maximum Gasteiger partial charge on any atom is 0.203 e. The molecule has 21 heavy (non-hydrogen) atoms. The zero-order valence-electron chi connectivity index (χ0n) is 12.3. The molecule has 112 valence electrons. The van der Waals surface area contributed by atoms with Crippen LogP contribution in [-0.2, 0) is 0 Å². The molecule has 2 saturated heterocycles. The number of benzene rings is 1. The summed E-state index contributed by atoms with van der Waals surface area (Å²) in [5.74, 6) is 1.02. The normalized spacial score (nSPS) is 25.0. The van der Waals surface area contributed by atoms with Crippen molar-refractivity contribution in [3.05, 3.63) is 24.3 Å². The number of piperidine rings is 1. The molecule has 5 heteroatoms. The maximum atomic E-state index is 6.00. The summed E-state index contributed by atoms with van der Waals surface area (Å²) < 4.78 is 0. The number of para-hydroxylation sites is 2. The van der Waals surface area contributed by atoms with Crippen molar-refractivity contribution in [2.24, 2.45) is 5.73 Å². The van der Waals surface area contributed by atoms with E-state index in [1.54, 1.807) is 0 Å². The minimum absolute atomic E-state index is 0.411. The molecular weight excluding hydrogens is 262 g/mol. The fourth-order valence-electron chi connectivity index (χ4n) is 3.61. The molecule has 0 spiro atoms. The number of hydrogen-bond donors (Lipinski definition) is 2. The van der Waals surface area contributed by atoms with Crippen LogP contribution in [0.15, 0.2) is 24.3 Å². The predicted molar refractivity (Wildman–Crippen MR) is 85.5 cm³/mol. The summed E-state index contributed by atoms with van der Waals surface area (Å²) in [4.78, 5) is 13.2. The molecule has 2 aliphatic rings. The van der Waals surface area contributed by atoms with Crippen LogP contribution in [-0.4, -0.2) is 53.1 Å². The number of anilines is 1. The van der Waals surface area contributed by atoms with Crippen LogP contribution < -0.4 is 10.6 Å². The Kier molecular flexibility index (Phi) is 3.31. The van der Waals surface area contributed by atoms with Gasteiger partial charge in [-0.05, 0) is 44.5 Å². The van der Waals surface area contributed by atoms with E-state index in [2.05, 4.69) is 26.9 Å². The number of aromatic nitrogens is 2. The minimum Gasteiger partial charge on any atom is -0.341 e. The SMILES string of the molecule is NC1CCN(C2CCN(c3nc4ccccc4[nH]3)C2)CC1. The number of imidazole rings is 1. The summed E-state index contributed by atoms with van der Waals surface area (Å²) in [7, 11) is 0. The lowest BCUT2D eigenvalue weighted by Crippen LogP contribution is -2.46. The molecule has 1 aromatic heterocycles. The van der Waals surface area contributed by atoms with Gasteiger partial charge in [0.05, 0.1) is 11.0 Å². The lowest BCUT2D eigenvalue weighted by molar-refractivity contribution is 0.163. The molecule has 2 fully saturated rings. The number of nitrogens with zero attached hydrogens (tertiary/aromatic N) is 3. The van der Waals surface area contributed by atoms with Crippen LogP contribution >= 0.6 is 0 Å². The summed E-state index contributed by atoms with van der Waals surface area (Å²) in [6.07, 6.45) is 3.51. The Labute approximate surface area is 125 Å². The topological polar surface area (TPSA) is 61.2 Å². The Balaban J connectivity index is 1.46. The molecule has 3 heterocycles. The van der Waals surface area contributed by atoms with Crippen molar-refractivity contribution in [1.82, 2.24) is 14.9 Å². The molecule has 3 N–H and O–H groups in total. The summed E-state index contributed by atoms with van der Waals surface area (Å²) in [6, 6.07) is 9.31. The highest BCUT2D eigenvalue weighted by atomic mass is 15.3. The second-order valence-electron chi connectivity index (χ2n) is 6.34. The van der Waals surface area contributed by atoms with Crippen LogP contribution in [0.25, 0.3) is 11.0 Å². The second-order valence-corrected chi connectivity index (χ2v) is 6.34. The number of aromatic amines is 1. The molecular formula is C16H23N5. The van der Waals surface area contributed by atoms with Crippen molar-refractivity contribution in [1.29, 1.82) is 0 Å². The quantitative estimate of drug-likeness (QED) is 0.879. The van der Waals surface area contributed by atoms with Crippen molar-refractivity contribution in [2.45, 2.75) is 31.3 Å². The molecule has 0 aliphatic carbocycles. The average molecular weight is 285 g/mol. The molecule has 5 nitrogen and oxygen atoms in total. The van der Waals surface area contributed by atoms with Gasteiger partial charge < -0.3 is 15.6 Å². The van der Waals surface area contributed by atoms with E-state index in [1.807, 2.05) is 12.1 Å². The Hall–Kier alpha value is -1.59. The van der Waals surface area contributed by atoms with Crippen LogP contribution in [0.2, 0.25) is 0 Å². The van der Waals surface area contributed by atoms with Gasteiger partial charge >= 0.3 is 0 Å². The second kappa shape index (κ2) is 5.31. The van der Waals surface area contributed by atoms with Crippen LogP contribution in [0.1, 0.15) is 19.3 Å². The number of H-pyrrole nitrogens is 1. The van der Waals surface area contributed by atoms with Gasteiger partial charge in [0.1, 0.15) is 0 Å². The summed E-state index contributed by atoms with van der Waals surface area (Å²) in [5.41, 5.74) is 8.19. The molecule has 0 amide bonds. The Morgan fingerprint density at radius 2 is 1.90 bits per heavy atom. The average Bonchev–Trinajstić information content (AvgIpc) is 3.14. The zero-order valence-corrected chi connectivity index (χ0v) is 12.3. The third-order valence-corrected chi connectivity index (χ3v) is 4.93. The van der Waals surface area contributed by atoms with Crippen LogP contribution in [0.4, 0.5) is 5.95 Å². The number of fused-ring (bicyclic) bond motifs is 1. The van der Waals surface area contributed by atoms with Gasteiger partial charge in [-0.25, -0.2) is 4.98 Å². The highest BCUT2D eigenvalue weighted by Gasteiger charge is 2.30. The van der Waals surface area contributed by atoms with E-state index in [0.29, 0.717) is 12.1 Å². The molecule has 1 unspecified atom stereocenters. The number of hydrogen-bond acceptors (Lipinski definition) is 4. The van der Waals surface area contributed by atoms with Gasteiger partial charge in [0.2, 0.25) is 5.95 Å². The van der Waals surface area contributed by atoms with Crippen molar-refractivity contribution < 1.29 is 0 Å². The lowest BCUT2D eigenvalue weighted by atomic mass is 10.0. The van der Waals surface area contributed by atoms with E-state index in [0.717, 1.165) is 56.0 Å². The lowest BCUT2D eigenvalue weighted by Gasteiger charge is -2.34. The smallest absolute Gasteiger partial charge is 0.203 e. The summed E-state index contributed by atoms with van der Waals surface area (Å²) in [6.45, 7) is 4.47. The van der Waals surface area contributed by atoms with Gasteiger partial charge in [0, 0.05) is 25.2 Å². The largest absolute Gasteiger partial charge is 0.341 e. The maximum absolute atomic E-state index is 6.00. The number of likely N-dealkylation sites (tertiary alicyclic amines) is 1. The zero-order chi connectivity index (χ0) is 14.2. The van der Waals surface area contributed by atoms with E-state index >= 15 is 0 Å². The van der Waals surface area contributed by atoms with E-state index in [1.165, 1.54) is 6.42 Å². The molecule has 2 aromatic rings. The van der Waals surface area contributed by atoms with E-state index in [9.17, 15) is 0 Å². The minimum atomic E-state index is 0.411. The highest BCUT2D eigenvalue weighted by Crippen LogP contribution is 2.24. The number of rotatable bonds is 2. The molecule has 1 aromatic carbocycles. The molecule has 0 bridgehead atoms. The molecule has 0 radical (unpaired) electrons. The Morgan fingerprint density at radius 3 is 2.71 bits per heavy atom. The van der Waals surface area contributed by atoms with Crippen molar-refractivity contribution in [3.63, 3.8) is 0 Å². The van der Waals surface area contributed by atoms with Gasteiger partial charge in [-0.2, -0.15) is 0 Å². The van der Waals surface area contributed by atoms with Crippen LogP contribution in [0, 0.1) is 0 Å². The van der Waals surface area contributed by atoms with Gasteiger partial charge in [-0.3, -0.25) is 4.90 Å². The van der Waals surface area contributed by atoms with E-state index in [-0.39, 0.29) is 0 Å². The molecule has 0 saturated carbocycles. The van der Waals surface area contributed by atoms with Crippen LogP contribution in [0.3, 0.4) is 0 Å². The molecule has 4 rings (SSSR count). The Bertz CT molecular complexity index is 581. The van der Waals surface area contributed by atoms with Crippen molar-refractivity contribution >= 4 is 17.0 Å².